The van der Waals surface area contributed by atoms with Crippen molar-refractivity contribution in [3.8, 4) is 11.5 Å². The minimum Gasteiger partial charge on any atom is -0.455 e. The van der Waals surface area contributed by atoms with Gasteiger partial charge in [-0.15, -0.1) is 0 Å². The van der Waals surface area contributed by atoms with E-state index in [4.69, 9.17) is 4.74 Å². The van der Waals surface area contributed by atoms with Gasteiger partial charge in [0, 0.05) is 25.7 Å². The van der Waals surface area contributed by atoms with Crippen LogP contribution in [0.3, 0.4) is 0 Å². The zero-order chi connectivity index (χ0) is 20.6. The van der Waals surface area contributed by atoms with Crippen LogP contribution in [0.25, 0.3) is 0 Å². The lowest BCUT2D eigenvalue weighted by atomic mass is 9.85. The molecule has 1 aromatic heterocycles. The average molecular weight is 396 g/mol. The predicted octanol–water partition coefficient (Wildman–Crippen LogP) is 3.20. The summed E-state index contributed by atoms with van der Waals surface area (Å²) >= 11 is 0. The van der Waals surface area contributed by atoms with Crippen LogP contribution in [0.1, 0.15) is 36.7 Å². The van der Waals surface area contributed by atoms with Crippen molar-refractivity contribution in [3.63, 3.8) is 0 Å². The topological polar surface area (TPSA) is 92.4 Å². The van der Waals surface area contributed by atoms with Crippen LogP contribution in [-0.2, 0) is 4.79 Å². The van der Waals surface area contributed by atoms with Gasteiger partial charge in [0.2, 0.25) is 5.91 Å². The summed E-state index contributed by atoms with van der Waals surface area (Å²) in [6.45, 7) is 4.18. The molecule has 0 saturated carbocycles. The fourth-order valence-corrected chi connectivity index (χ4v) is 3.54. The number of hydrogen-bond acceptors (Lipinski definition) is 5. The number of amides is 2. The maximum absolute atomic E-state index is 12.6. The number of carbonyl (C=O) groups is 2. The van der Waals surface area contributed by atoms with Gasteiger partial charge in [-0.1, -0.05) is 19.1 Å². The lowest BCUT2D eigenvalue weighted by Gasteiger charge is -2.28. The molecule has 2 amide bonds. The number of carbonyl (C=O) groups excluding carboxylic acids is 2. The van der Waals surface area contributed by atoms with Crippen LogP contribution in [0.15, 0.2) is 42.6 Å². The van der Waals surface area contributed by atoms with E-state index < -0.39 is 0 Å². The molecule has 2 atom stereocenters. The van der Waals surface area contributed by atoms with Crippen molar-refractivity contribution in [2.24, 2.45) is 11.8 Å². The highest BCUT2D eigenvalue weighted by Gasteiger charge is 2.22. The van der Waals surface area contributed by atoms with E-state index in [9.17, 15) is 9.59 Å². The molecule has 1 aliphatic heterocycles. The Labute approximate surface area is 171 Å². The molecule has 0 spiro atoms. The number of aromatic nitrogens is 1. The second-order valence-corrected chi connectivity index (χ2v) is 7.39. The van der Waals surface area contributed by atoms with Crippen molar-refractivity contribution in [2.45, 2.75) is 26.2 Å². The van der Waals surface area contributed by atoms with Crippen LogP contribution < -0.4 is 20.7 Å². The molecule has 2 heterocycles. The molecule has 0 radical (unpaired) electrons. The molecule has 3 rings (SSSR count). The minimum absolute atomic E-state index is 0.0279. The highest BCUT2D eigenvalue weighted by atomic mass is 16.5. The van der Waals surface area contributed by atoms with Gasteiger partial charge in [0.15, 0.2) is 5.75 Å². The Kier molecular flexibility index (Phi) is 7.19. The van der Waals surface area contributed by atoms with Crippen molar-refractivity contribution in [3.05, 3.63) is 48.3 Å². The Bertz CT molecular complexity index is 849. The SMILES string of the molecule is CNC(=O)c1cc(Oc2ccccc2NC(=O)CC(C)C2CCCNC2)ccn1. The highest BCUT2D eigenvalue weighted by Crippen LogP contribution is 2.30. The number of benzene rings is 1. The average Bonchev–Trinajstić information content (AvgIpc) is 2.75. The van der Waals surface area contributed by atoms with Gasteiger partial charge in [-0.25, -0.2) is 0 Å². The molecule has 7 nitrogen and oxygen atoms in total. The summed E-state index contributed by atoms with van der Waals surface area (Å²) in [7, 11) is 1.55. The van der Waals surface area contributed by atoms with Crippen molar-refractivity contribution < 1.29 is 14.3 Å². The number of anilines is 1. The van der Waals surface area contributed by atoms with Gasteiger partial charge in [0.1, 0.15) is 11.4 Å². The van der Waals surface area contributed by atoms with Crippen LogP contribution in [0.5, 0.6) is 11.5 Å². The minimum atomic E-state index is -0.289. The number of pyridine rings is 1. The lowest BCUT2D eigenvalue weighted by Crippen LogP contribution is -2.34. The standard InChI is InChI=1S/C22H28N4O3/c1-15(16-6-5-10-24-14-16)12-21(27)26-18-7-3-4-8-20(18)29-17-9-11-25-19(13-17)22(28)23-2/h3-4,7-9,11,13,15-16,24H,5-6,10,12,14H2,1-2H3,(H,23,28)(H,26,27). The number of nitrogens with one attached hydrogen (secondary N) is 3. The van der Waals surface area contributed by atoms with Gasteiger partial charge in [-0.2, -0.15) is 0 Å². The molecule has 1 aromatic carbocycles. The number of para-hydroxylation sites is 2. The summed E-state index contributed by atoms with van der Waals surface area (Å²) in [6, 6.07) is 10.5. The van der Waals surface area contributed by atoms with Crippen molar-refractivity contribution in [1.82, 2.24) is 15.6 Å². The maximum atomic E-state index is 12.6. The third-order valence-electron chi connectivity index (χ3n) is 5.23. The monoisotopic (exact) mass is 396 g/mol. The second-order valence-electron chi connectivity index (χ2n) is 7.39. The summed E-state index contributed by atoms with van der Waals surface area (Å²) in [5.74, 6) is 1.51. The van der Waals surface area contributed by atoms with Gasteiger partial charge in [0.25, 0.3) is 5.91 Å². The third-order valence-corrected chi connectivity index (χ3v) is 5.23. The molecule has 1 saturated heterocycles. The molecule has 3 N–H and O–H groups in total. The molecular weight excluding hydrogens is 368 g/mol. The van der Waals surface area contributed by atoms with Crippen LogP contribution in [0.2, 0.25) is 0 Å². The number of rotatable bonds is 7. The molecule has 2 aromatic rings. The normalized spacial score (nSPS) is 17.2. The number of ether oxygens (including phenoxy) is 1. The first kappa shape index (κ1) is 20.8. The smallest absolute Gasteiger partial charge is 0.269 e. The Hall–Kier alpha value is -2.93. The first-order chi connectivity index (χ1) is 14.1. The Morgan fingerprint density at radius 2 is 2.14 bits per heavy atom. The van der Waals surface area contributed by atoms with E-state index in [1.807, 2.05) is 12.1 Å². The zero-order valence-electron chi connectivity index (χ0n) is 16.9. The summed E-state index contributed by atoms with van der Waals surface area (Å²) in [5, 5.41) is 8.91. The van der Waals surface area contributed by atoms with E-state index in [0.717, 1.165) is 25.9 Å². The van der Waals surface area contributed by atoms with E-state index in [1.165, 1.54) is 6.20 Å². The highest BCUT2D eigenvalue weighted by molar-refractivity contribution is 5.93. The van der Waals surface area contributed by atoms with E-state index >= 15 is 0 Å². The third kappa shape index (κ3) is 5.77. The summed E-state index contributed by atoms with van der Waals surface area (Å²) in [5.41, 5.74) is 0.867. The van der Waals surface area contributed by atoms with E-state index in [0.29, 0.717) is 35.4 Å². The summed E-state index contributed by atoms with van der Waals surface area (Å²) < 4.78 is 5.92. The number of nitrogens with zero attached hydrogens (tertiary/aromatic N) is 1. The molecule has 29 heavy (non-hydrogen) atoms. The fraction of sp³-hybridized carbons (Fsp3) is 0.409. The van der Waals surface area contributed by atoms with Crippen LogP contribution >= 0.6 is 0 Å². The summed E-state index contributed by atoms with van der Waals surface area (Å²) in [6.07, 6.45) is 4.31. The van der Waals surface area contributed by atoms with Crippen molar-refractivity contribution in [1.29, 1.82) is 0 Å². The number of piperidine rings is 1. The first-order valence-electron chi connectivity index (χ1n) is 10.0. The molecule has 2 unspecified atom stereocenters. The van der Waals surface area contributed by atoms with Crippen LogP contribution in [0.4, 0.5) is 5.69 Å². The van der Waals surface area contributed by atoms with E-state index in [1.54, 1.807) is 31.3 Å². The van der Waals surface area contributed by atoms with Gasteiger partial charge in [-0.3, -0.25) is 14.6 Å². The van der Waals surface area contributed by atoms with Gasteiger partial charge >= 0.3 is 0 Å². The molecular formula is C22H28N4O3. The zero-order valence-corrected chi connectivity index (χ0v) is 16.9. The van der Waals surface area contributed by atoms with Gasteiger partial charge in [0.05, 0.1) is 5.69 Å². The number of hydrogen-bond donors (Lipinski definition) is 3. The lowest BCUT2D eigenvalue weighted by molar-refractivity contribution is -0.117. The van der Waals surface area contributed by atoms with Crippen LogP contribution in [-0.4, -0.2) is 36.9 Å². The fourth-order valence-electron chi connectivity index (χ4n) is 3.54. The van der Waals surface area contributed by atoms with Crippen LogP contribution in [0, 0.1) is 11.8 Å². The summed E-state index contributed by atoms with van der Waals surface area (Å²) in [4.78, 5) is 28.4. The molecule has 0 bridgehead atoms. The van der Waals surface area contributed by atoms with Gasteiger partial charge in [-0.05, 0) is 56.0 Å². The maximum Gasteiger partial charge on any atom is 0.269 e. The molecule has 1 aliphatic rings. The Balaban J connectivity index is 1.66. The predicted molar refractivity (Wildman–Crippen MR) is 112 cm³/mol. The van der Waals surface area contributed by atoms with Gasteiger partial charge < -0.3 is 20.7 Å². The first-order valence-corrected chi connectivity index (χ1v) is 10.0. The Morgan fingerprint density at radius 3 is 2.90 bits per heavy atom. The molecule has 7 heteroatoms. The molecule has 154 valence electrons. The van der Waals surface area contributed by atoms with E-state index in [2.05, 4.69) is 27.9 Å². The van der Waals surface area contributed by atoms with Crippen molar-refractivity contribution >= 4 is 17.5 Å². The Morgan fingerprint density at radius 1 is 1.31 bits per heavy atom. The molecule has 0 aliphatic carbocycles. The van der Waals surface area contributed by atoms with E-state index in [-0.39, 0.29) is 17.5 Å². The van der Waals surface area contributed by atoms with Crippen molar-refractivity contribution in [2.75, 3.05) is 25.5 Å². The second kappa shape index (κ2) is 10.0. The quantitative estimate of drug-likeness (QED) is 0.668. The molecule has 1 fully saturated rings. The largest absolute Gasteiger partial charge is 0.455 e.